The molecule has 2 unspecified atom stereocenters. The van der Waals surface area contributed by atoms with Crippen LogP contribution < -0.4 is 27.0 Å². The predicted octanol–water partition coefficient (Wildman–Crippen LogP) is 1.25. The minimum Gasteiger partial charge on any atom is -0.465 e. The van der Waals surface area contributed by atoms with Gasteiger partial charge in [0, 0.05) is 6.42 Å². The van der Waals surface area contributed by atoms with E-state index in [9.17, 15) is 28.8 Å². The van der Waals surface area contributed by atoms with Gasteiger partial charge in [-0.3, -0.25) is 24.0 Å². The normalized spacial score (nSPS) is 13.9. The van der Waals surface area contributed by atoms with E-state index in [0.717, 1.165) is 16.3 Å². The fourth-order valence-electron chi connectivity index (χ4n) is 4.27. The Morgan fingerprint density at radius 2 is 1.54 bits per heavy atom. The van der Waals surface area contributed by atoms with Crippen LogP contribution in [-0.4, -0.2) is 65.3 Å². The molecule has 0 saturated carbocycles. The van der Waals surface area contributed by atoms with Crippen molar-refractivity contribution in [1.82, 2.24) is 21.3 Å². The maximum atomic E-state index is 13.0. The first-order chi connectivity index (χ1) is 19.3. The largest absolute Gasteiger partial charge is 0.465 e. The maximum absolute atomic E-state index is 13.0. The van der Waals surface area contributed by atoms with Gasteiger partial charge in [-0.05, 0) is 34.6 Å². The number of benzene rings is 2. The van der Waals surface area contributed by atoms with Crippen LogP contribution in [0, 0.1) is 11.8 Å². The van der Waals surface area contributed by atoms with Crippen molar-refractivity contribution in [3.05, 3.63) is 48.0 Å². The highest BCUT2D eigenvalue weighted by atomic mass is 16.4. The smallest absolute Gasteiger partial charge is 0.405 e. The van der Waals surface area contributed by atoms with Gasteiger partial charge in [-0.2, -0.15) is 0 Å². The third-order valence-corrected chi connectivity index (χ3v) is 6.68. The SMILES string of the molecule is CC[C@H](C)C(NC(=O)[C@H](CC(C)C)NC(=O)O)C(=O)C(=O)NCC(=O)NC(Cc1ccc2ccccc2c1)C(N)=O. The molecule has 0 spiro atoms. The molecule has 0 radical (unpaired) electrons. The summed E-state index contributed by atoms with van der Waals surface area (Å²) in [6.07, 6.45) is -0.647. The quantitative estimate of drug-likeness (QED) is 0.173. The van der Waals surface area contributed by atoms with Crippen LogP contribution in [-0.2, 0) is 30.4 Å². The van der Waals surface area contributed by atoms with Crippen molar-refractivity contribution >= 4 is 46.3 Å². The molecule has 41 heavy (non-hydrogen) atoms. The Hall–Kier alpha value is -4.48. The third kappa shape index (κ3) is 10.2. The molecule has 0 aliphatic rings. The van der Waals surface area contributed by atoms with Crippen LogP contribution in [0.2, 0.25) is 0 Å². The number of carbonyl (C=O) groups is 6. The number of hydrogen-bond donors (Lipinski definition) is 6. The van der Waals surface area contributed by atoms with Crippen molar-refractivity contribution in [2.45, 2.75) is 65.1 Å². The molecule has 2 aromatic rings. The lowest BCUT2D eigenvalue weighted by molar-refractivity contribution is -0.141. The van der Waals surface area contributed by atoms with Gasteiger partial charge in [-0.1, -0.05) is 76.6 Å². The van der Waals surface area contributed by atoms with E-state index >= 15 is 0 Å². The van der Waals surface area contributed by atoms with Gasteiger partial charge in [0.1, 0.15) is 12.1 Å². The minimum atomic E-state index is -1.39. The Morgan fingerprint density at radius 3 is 2.12 bits per heavy atom. The van der Waals surface area contributed by atoms with Crippen LogP contribution in [0.5, 0.6) is 0 Å². The number of carbonyl (C=O) groups excluding carboxylic acids is 5. The Bertz CT molecular complexity index is 1280. The van der Waals surface area contributed by atoms with Gasteiger partial charge in [-0.25, -0.2) is 4.79 Å². The second-order valence-corrected chi connectivity index (χ2v) is 10.5. The molecule has 4 atom stereocenters. The minimum absolute atomic E-state index is 0.0253. The van der Waals surface area contributed by atoms with E-state index in [1.807, 2.05) is 56.3 Å². The molecule has 0 fully saturated rings. The standard InChI is InChI=1S/C29H39N5O7/c1-5-17(4)24(34-27(38)22(12-16(2)3)33-29(40)41)25(36)28(39)31-15-23(35)32-21(26(30)37)14-18-10-11-19-8-6-7-9-20(19)13-18/h6-11,13,16-17,21-22,24,33H,5,12,14-15H2,1-4H3,(H2,30,37)(H,31,39)(H,32,35)(H,34,38)(H,40,41)/t17-,21?,22-,24?/m0/s1. The van der Waals surface area contributed by atoms with Gasteiger partial charge in [-0.15, -0.1) is 0 Å². The summed E-state index contributed by atoms with van der Waals surface area (Å²) in [4.78, 5) is 74.2. The lowest BCUT2D eigenvalue weighted by Crippen LogP contribution is -2.56. The van der Waals surface area contributed by atoms with Crippen molar-refractivity contribution in [3.8, 4) is 0 Å². The van der Waals surface area contributed by atoms with Crippen molar-refractivity contribution in [1.29, 1.82) is 0 Å². The van der Waals surface area contributed by atoms with Crippen LogP contribution in [0.15, 0.2) is 42.5 Å². The van der Waals surface area contributed by atoms with E-state index in [-0.39, 0.29) is 18.8 Å². The average molecular weight is 570 g/mol. The van der Waals surface area contributed by atoms with Crippen molar-refractivity contribution < 1.29 is 33.9 Å². The number of amides is 5. The highest BCUT2D eigenvalue weighted by Gasteiger charge is 2.33. The third-order valence-electron chi connectivity index (χ3n) is 6.68. The zero-order valence-corrected chi connectivity index (χ0v) is 23.7. The number of fused-ring (bicyclic) bond motifs is 1. The molecule has 0 aliphatic carbocycles. The molecule has 12 nitrogen and oxygen atoms in total. The summed E-state index contributed by atoms with van der Waals surface area (Å²) in [5.41, 5.74) is 6.26. The second kappa shape index (κ2) is 15.3. The lowest BCUT2D eigenvalue weighted by atomic mass is 9.94. The zero-order chi connectivity index (χ0) is 30.7. The molecule has 5 amide bonds. The Labute approximate surface area is 238 Å². The summed E-state index contributed by atoms with van der Waals surface area (Å²) in [5.74, 6) is -4.81. The molecule has 2 rings (SSSR count). The summed E-state index contributed by atoms with van der Waals surface area (Å²) in [7, 11) is 0. The first-order valence-corrected chi connectivity index (χ1v) is 13.5. The summed E-state index contributed by atoms with van der Waals surface area (Å²) in [6.45, 7) is 6.44. The summed E-state index contributed by atoms with van der Waals surface area (Å²) >= 11 is 0. The fraction of sp³-hybridized carbons (Fsp3) is 0.448. The topological polar surface area (TPSA) is 197 Å². The van der Waals surface area contributed by atoms with E-state index in [4.69, 9.17) is 10.8 Å². The summed E-state index contributed by atoms with van der Waals surface area (Å²) in [5, 5.41) is 20.4. The fourth-order valence-corrected chi connectivity index (χ4v) is 4.27. The number of primary amides is 1. The van der Waals surface area contributed by atoms with Gasteiger partial charge < -0.3 is 32.1 Å². The van der Waals surface area contributed by atoms with Gasteiger partial charge in [0.05, 0.1) is 12.6 Å². The Kier molecular flexibility index (Phi) is 12.2. The molecule has 0 saturated heterocycles. The van der Waals surface area contributed by atoms with Gasteiger partial charge in [0.25, 0.3) is 5.91 Å². The molecule has 0 aliphatic heterocycles. The number of nitrogens with two attached hydrogens (primary N) is 1. The zero-order valence-electron chi connectivity index (χ0n) is 23.7. The summed E-state index contributed by atoms with van der Waals surface area (Å²) in [6, 6.07) is 9.86. The maximum Gasteiger partial charge on any atom is 0.405 e. The van der Waals surface area contributed by atoms with Crippen LogP contribution in [0.3, 0.4) is 0 Å². The van der Waals surface area contributed by atoms with Crippen LogP contribution in [0.25, 0.3) is 10.8 Å². The first kappa shape index (κ1) is 32.7. The molecule has 0 heterocycles. The second-order valence-electron chi connectivity index (χ2n) is 10.5. The molecule has 2 aromatic carbocycles. The highest BCUT2D eigenvalue weighted by molar-refractivity contribution is 6.38. The van der Waals surface area contributed by atoms with Gasteiger partial charge >= 0.3 is 6.09 Å². The highest BCUT2D eigenvalue weighted by Crippen LogP contribution is 2.17. The number of nitrogens with one attached hydrogen (secondary N) is 4. The molecule has 0 bridgehead atoms. The molecule has 222 valence electrons. The number of carboxylic acid groups (broad SMARTS) is 1. The van der Waals surface area contributed by atoms with Gasteiger partial charge in [0.15, 0.2) is 0 Å². The van der Waals surface area contributed by atoms with Gasteiger partial charge in [0.2, 0.25) is 23.5 Å². The van der Waals surface area contributed by atoms with E-state index in [1.54, 1.807) is 13.8 Å². The Morgan fingerprint density at radius 1 is 0.878 bits per heavy atom. The average Bonchev–Trinajstić information content (AvgIpc) is 2.92. The Balaban J connectivity index is 2.02. The molecule has 12 heteroatoms. The van der Waals surface area contributed by atoms with Crippen LogP contribution in [0.4, 0.5) is 4.79 Å². The van der Waals surface area contributed by atoms with E-state index in [1.165, 1.54) is 0 Å². The van der Waals surface area contributed by atoms with Crippen molar-refractivity contribution in [2.75, 3.05) is 6.54 Å². The van der Waals surface area contributed by atoms with Crippen LogP contribution in [0.1, 0.15) is 46.1 Å². The van der Waals surface area contributed by atoms with Crippen LogP contribution >= 0.6 is 0 Å². The molecule has 0 aromatic heterocycles. The van der Waals surface area contributed by atoms with E-state index in [0.29, 0.717) is 6.42 Å². The van der Waals surface area contributed by atoms with Crippen molar-refractivity contribution in [3.63, 3.8) is 0 Å². The molecular formula is C29H39N5O7. The monoisotopic (exact) mass is 569 g/mol. The molecule has 7 N–H and O–H groups in total. The van der Waals surface area contributed by atoms with E-state index in [2.05, 4.69) is 21.3 Å². The molecular weight excluding hydrogens is 530 g/mol. The number of Topliss-reactive ketones (excluding diaryl/α,β-unsaturated/α-hetero) is 1. The number of rotatable bonds is 15. The van der Waals surface area contributed by atoms with Crippen molar-refractivity contribution in [2.24, 2.45) is 17.6 Å². The van der Waals surface area contributed by atoms with E-state index < -0.39 is 66.1 Å². The summed E-state index contributed by atoms with van der Waals surface area (Å²) < 4.78 is 0. The number of hydrogen-bond acceptors (Lipinski definition) is 6. The first-order valence-electron chi connectivity index (χ1n) is 13.5. The number of ketones is 1. The lowest BCUT2D eigenvalue weighted by Gasteiger charge is -2.26. The predicted molar refractivity (Wildman–Crippen MR) is 153 cm³/mol.